The van der Waals surface area contributed by atoms with Crippen LogP contribution in [0.5, 0.6) is 5.88 Å². The van der Waals surface area contributed by atoms with E-state index in [0.717, 1.165) is 0 Å². The van der Waals surface area contributed by atoms with Gasteiger partial charge < -0.3 is 10.1 Å². The normalized spacial score (nSPS) is 12.4. The van der Waals surface area contributed by atoms with Crippen LogP contribution in [0.25, 0.3) is 11.2 Å². The van der Waals surface area contributed by atoms with Crippen molar-refractivity contribution in [2.75, 3.05) is 14.2 Å². The molecule has 0 saturated carbocycles. The zero-order valence-corrected chi connectivity index (χ0v) is 11.7. The molecule has 2 rings (SSSR count). The molecule has 1 N–H and O–H groups in total. The van der Waals surface area contributed by atoms with Crippen LogP contribution in [0.2, 0.25) is 0 Å². The van der Waals surface area contributed by atoms with E-state index in [1.165, 1.54) is 0 Å². The van der Waals surface area contributed by atoms with Gasteiger partial charge in [0.1, 0.15) is 17.4 Å². The number of amides is 1. The summed E-state index contributed by atoms with van der Waals surface area (Å²) in [6.45, 7) is 1.77. The van der Waals surface area contributed by atoms with Crippen LogP contribution in [0.1, 0.15) is 18.8 Å². The molecule has 6 nitrogen and oxygen atoms in total. The van der Waals surface area contributed by atoms with Gasteiger partial charge in [-0.3, -0.25) is 9.36 Å². The van der Waals surface area contributed by atoms with Crippen molar-refractivity contribution in [3.05, 3.63) is 18.0 Å². The molecule has 0 spiro atoms. The van der Waals surface area contributed by atoms with Crippen LogP contribution < -0.4 is 10.1 Å². The van der Waals surface area contributed by atoms with Gasteiger partial charge in [0.05, 0.1) is 13.0 Å². The van der Waals surface area contributed by atoms with Gasteiger partial charge in [-0.25, -0.2) is 4.98 Å². The Balaban J connectivity index is 2.64. The number of methoxy groups -OCH3 is 1. The fraction of sp³-hybridized carbons (Fsp3) is 0.417. The molecule has 1 unspecified atom stereocenters. The number of nitrogens with one attached hydrogen (secondary N) is 1. The number of hydrogen-bond acceptors (Lipinski definition) is 4. The highest BCUT2D eigenvalue weighted by atomic mass is 35.5. The number of pyridine rings is 1. The molecule has 0 aliphatic heterocycles. The molecule has 0 radical (unpaired) electrons. The second kappa shape index (κ2) is 5.44. The Morgan fingerprint density at radius 2 is 2.26 bits per heavy atom. The Kier molecular flexibility index (Phi) is 3.90. The van der Waals surface area contributed by atoms with Gasteiger partial charge in [-0.15, -0.1) is 11.6 Å². The number of halogens is 1. The van der Waals surface area contributed by atoms with E-state index in [1.807, 2.05) is 0 Å². The first-order valence-electron chi connectivity index (χ1n) is 5.81. The quantitative estimate of drug-likeness (QED) is 0.863. The Labute approximate surface area is 115 Å². The van der Waals surface area contributed by atoms with Crippen molar-refractivity contribution in [3.63, 3.8) is 0 Å². The monoisotopic (exact) mass is 282 g/mol. The third kappa shape index (κ3) is 2.35. The molecule has 7 heteroatoms. The number of carbonyl (C=O) groups is 1. The average molecular weight is 283 g/mol. The van der Waals surface area contributed by atoms with Gasteiger partial charge in [0, 0.05) is 13.1 Å². The molecular weight excluding hydrogens is 268 g/mol. The molecule has 0 bridgehead atoms. The first kappa shape index (κ1) is 13.6. The molecule has 0 saturated heterocycles. The number of fused-ring (bicyclic) bond motifs is 1. The van der Waals surface area contributed by atoms with Gasteiger partial charge in [0.25, 0.3) is 0 Å². The average Bonchev–Trinajstić information content (AvgIpc) is 2.82. The van der Waals surface area contributed by atoms with Crippen molar-refractivity contribution in [3.8, 4) is 5.88 Å². The van der Waals surface area contributed by atoms with Crippen molar-refractivity contribution < 1.29 is 9.53 Å². The lowest BCUT2D eigenvalue weighted by Gasteiger charge is -2.14. The molecule has 1 atom stereocenters. The van der Waals surface area contributed by atoms with Crippen molar-refractivity contribution in [1.82, 2.24) is 19.9 Å². The second-order valence-corrected chi connectivity index (χ2v) is 4.29. The van der Waals surface area contributed by atoms with Crippen molar-refractivity contribution >= 4 is 28.7 Å². The van der Waals surface area contributed by atoms with Crippen LogP contribution in [0.15, 0.2) is 12.1 Å². The van der Waals surface area contributed by atoms with Crippen LogP contribution in [-0.4, -0.2) is 34.6 Å². The minimum Gasteiger partial charge on any atom is -0.481 e. The minimum absolute atomic E-state index is 0.129. The predicted octanol–water partition coefficient (Wildman–Crippen LogP) is 1.49. The number of aromatic nitrogens is 3. The molecule has 0 aliphatic carbocycles. The molecule has 102 valence electrons. The Morgan fingerprint density at radius 1 is 1.53 bits per heavy atom. The van der Waals surface area contributed by atoms with Crippen LogP contribution >= 0.6 is 11.6 Å². The van der Waals surface area contributed by atoms with Crippen molar-refractivity contribution in [2.24, 2.45) is 0 Å². The number of imidazole rings is 1. The standard InChI is InChI=1S/C12H15ClN4O2/c1-7(12(18)14-2)17-9(6-13)15-8-4-5-10(19-3)16-11(8)17/h4-5,7H,6H2,1-3H3,(H,14,18). The summed E-state index contributed by atoms with van der Waals surface area (Å²) in [5, 5.41) is 2.61. The SMILES string of the molecule is CNC(=O)C(C)n1c(CCl)nc2ccc(OC)nc21. The molecule has 1 amide bonds. The number of hydrogen-bond donors (Lipinski definition) is 1. The highest BCUT2D eigenvalue weighted by Crippen LogP contribution is 2.23. The van der Waals surface area contributed by atoms with Gasteiger partial charge in [0.15, 0.2) is 5.65 Å². The van der Waals surface area contributed by atoms with Gasteiger partial charge in [0.2, 0.25) is 11.8 Å². The second-order valence-electron chi connectivity index (χ2n) is 4.02. The number of alkyl halides is 1. The minimum atomic E-state index is -0.441. The fourth-order valence-electron chi connectivity index (χ4n) is 1.94. The molecule has 19 heavy (non-hydrogen) atoms. The van der Waals surface area contributed by atoms with Crippen LogP contribution in [0.3, 0.4) is 0 Å². The maximum absolute atomic E-state index is 11.8. The van der Waals surface area contributed by atoms with Gasteiger partial charge >= 0.3 is 0 Å². The lowest BCUT2D eigenvalue weighted by molar-refractivity contribution is -0.123. The summed E-state index contributed by atoms with van der Waals surface area (Å²) >= 11 is 5.90. The topological polar surface area (TPSA) is 69.0 Å². The van der Waals surface area contributed by atoms with E-state index in [0.29, 0.717) is 22.9 Å². The first-order valence-corrected chi connectivity index (χ1v) is 6.35. The molecule has 0 aliphatic rings. The van der Waals surface area contributed by atoms with Gasteiger partial charge in [-0.2, -0.15) is 4.98 Å². The Hall–Kier alpha value is -1.82. The first-order chi connectivity index (χ1) is 9.12. The van der Waals surface area contributed by atoms with Crippen molar-refractivity contribution in [1.29, 1.82) is 0 Å². The van der Waals surface area contributed by atoms with E-state index in [4.69, 9.17) is 16.3 Å². The summed E-state index contributed by atoms with van der Waals surface area (Å²) < 4.78 is 6.83. The summed E-state index contributed by atoms with van der Waals surface area (Å²) in [6, 6.07) is 3.08. The van der Waals surface area contributed by atoms with E-state index in [-0.39, 0.29) is 11.8 Å². The molecule has 2 heterocycles. The molecule has 0 aromatic carbocycles. The van der Waals surface area contributed by atoms with E-state index in [1.54, 1.807) is 37.8 Å². The smallest absolute Gasteiger partial charge is 0.242 e. The number of rotatable bonds is 4. The molecule has 0 fully saturated rings. The number of likely N-dealkylation sites (N-methyl/N-ethyl adjacent to an activating group) is 1. The highest BCUT2D eigenvalue weighted by Gasteiger charge is 2.21. The summed E-state index contributed by atoms with van der Waals surface area (Å²) in [5.41, 5.74) is 1.28. The lowest BCUT2D eigenvalue weighted by Crippen LogP contribution is -2.28. The van der Waals surface area contributed by atoms with E-state index in [9.17, 15) is 4.79 Å². The van der Waals surface area contributed by atoms with Gasteiger partial charge in [-0.05, 0) is 13.0 Å². The highest BCUT2D eigenvalue weighted by molar-refractivity contribution is 6.16. The van der Waals surface area contributed by atoms with Crippen LogP contribution in [-0.2, 0) is 10.7 Å². The number of carbonyl (C=O) groups excluding carboxylic acids is 1. The van der Waals surface area contributed by atoms with E-state index in [2.05, 4.69) is 15.3 Å². The molecule has 2 aromatic heterocycles. The molecule has 2 aromatic rings. The zero-order chi connectivity index (χ0) is 14.0. The maximum atomic E-state index is 11.8. The third-order valence-corrected chi connectivity index (χ3v) is 3.17. The van der Waals surface area contributed by atoms with E-state index >= 15 is 0 Å². The van der Waals surface area contributed by atoms with Crippen LogP contribution in [0, 0.1) is 0 Å². The van der Waals surface area contributed by atoms with Crippen LogP contribution in [0.4, 0.5) is 0 Å². The molecular formula is C12H15ClN4O2. The summed E-state index contributed by atoms with van der Waals surface area (Å²) in [4.78, 5) is 20.5. The summed E-state index contributed by atoms with van der Waals surface area (Å²) in [5.74, 6) is 1.16. The zero-order valence-electron chi connectivity index (χ0n) is 11.0. The number of nitrogens with zero attached hydrogens (tertiary/aromatic N) is 3. The number of ether oxygens (including phenoxy) is 1. The maximum Gasteiger partial charge on any atom is 0.242 e. The third-order valence-electron chi connectivity index (χ3n) is 2.93. The summed E-state index contributed by atoms with van der Waals surface area (Å²) in [6.07, 6.45) is 0. The Bertz CT molecular complexity index is 611. The van der Waals surface area contributed by atoms with E-state index < -0.39 is 6.04 Å². The fourth-order valence-corrected chi connectivity index (χ4v) is 2.13. The lowest BCUT2D eigenvalue weighted by atomic mass is 10.3. The summed E-state index contributed by atoms with van der Waals surface area (Å²) in [7, 11) is 3.13. The largest absolute Gasteiger partial charge is 0.481 e. The Morgan fingerprint density at radius 3 is 2.84 bits per heavy atom. The predicted molar refractivity (Wildman–Crippen MR) is 72.4 cm³/mol. The van der Waals surface area contributed by atoms with Gasteiger partial charge in [-0.1, -0.05) is 0 Å². The van der Waals surface area contributed by atoms with Crippen molar-refractivity contribution in [2.45, 2.75) is 18.8 Å².